The van der Waals surface area contributed by atoms with Crippen molar-refractivity contribution in [2.24, 2.45) is 5.92 Å². The summed E-state index contributed by atoms with van der Waals surface area (Å²) < 4.78 is 11.2. The van der Waals surface area contributed by atoms with E-state index in [4.69, 9.17) is 9.47 Å². The van der Waals surface area contributed by atoms with Crippen LogP contribution in [0.3, 0.4) is 0 Å². The second kappa shape index (κ2) is 12.4. The minimum Gasteiger partial charge on any atom is -0.458 e. The van der Waals surface area contributed by atoms with Gasteiger partial charge in [-0.3, -0.25) is 4.79 Å². The Hall–Kier alpha value is -1.84. The maximum Gasteiger partial charge on any atom is 0.338 e. The zero-order chi connectivity index (χ0) is 22.9. The second-order valence-corrected chi connectivity index (χ2v) is 10.2. The molecule has 0 saturated carbocycles. The number of unbranched alkanes of at least 4 members (excludes halogenated alkanes) is 9. The van der Waals surface area contributed by atoms with Gasteiger partial charge >= 0.3 is 11.9 Å². The van der Waals surface area contributed by atoms with E-state index in [1.807, 2.05) is 0 Å². The van der Waals surface area contributed by atoms with E-state index in [2.05, 4.69) is 26.8 Å². The number of benzene rings is 1. The molecule has 0 amide bonds. The van der Waals surface area contributed by atoms with E-state index in [-0.39, 0.29) is 24.0 Å². The lowest BCUT2D eigenvalue weighted by molar-refractivity contribution is -0.134. The molecule has 1 aromatic rings. The van der Waals surface area contributed by atoms with Gasteiger partial charge in [0.15, 0.2) is 0 Å². The number of esters is 2. The summed E-state index contributed by atoms with van der Waals surface area (Å²) in [6.45, 7) is 6.63. The van der Waals surface area contributed by atoms with Crippen molar-refractivity contribution >= 4 is 11.9 Å². The Labute approximate surface area is 194 Å². The summed E-state index contributed by atoms with van der Waals surface area (Å²) in [6, 6.07) is 3.79. The molecule has 0 aliphatic carbocycles. The Kier molecular flexibility index (Phi) is 9.62. The molecule has 0 saturated heterocycles. The molecule has 4 nitrogen and oxygen atoms in total. The Morgan fingerprint density at radius 2 is 1.56 bits per heavy atom. The van der Waals surface area contributed by atoms with Gasteiger partial charge in [0.25, 0.3) is 0 Å². The Bertz CT molecular complexity index is 767. The van der Waals surface area contributed by atoms with Crippen molar-refractivity contribution in [2.75, 3.05) is 0 Å². The monoisotopic (exact) mass is 442 g/mol. The number of hydrogen-bond acceptors (Lipinski definition) is 4. The fraction of sp³-hybridized carbons (Fsp3) is 0.714. The van der Waals surface area contributed by atoms with Gasteiger partial charge in [-0.2, -0.15) is 0 Å². The Morgan fingerprint density at radius 3 is 2.22 bits per heavy atom. The van der Waals surface area contributed by atoms with E-state index in [1.165, 1.54) is 57.8 Å². The second-order valence-electron chi connectivity index (χ2n) is 10.2. The van der Waals surface area contributed by atoms with Gasteiger partial charge in [-0.05, 0) is 36.8 Å². The van der Waals surface area contributed by atoms with Crippen molar-refractivity contribution in [3.05, 3.63) is 28.8 Å². The number of hydrogen-bond donors (Lipinski definition) is 0. The van der Waals surface area contributed by atoms with Crippen molar-refractivity contribution < 1.29 is 19.1 Å². The fourth-order valence-corrected chi connectivity index (χ4v) is 4.96. The van der Waals surface area contributed by atoms with Gasteiger partial charge in [-0.1, -0.05) is 91.0 Å². The van der Waals surface area contributed by atoms with E-state index in [0.29, 0.717) is 17.2 Å². The first-order valence-corrected chi connectivity index (χ1v) is 13.1. The molecular weight excluding hydrogens is 400 g/mol. The van der Waals surface area contributed by atoms with Gasteiger partial charge in [-0.15, -0.1) is 0 Å². The first-order chi connectivity index (χ1) is 15.5. The van der Waals surface area contributed by atoms with E-state index in [0.717, 1.165) is 43.2 Å². The minimum atomic E-state index is -0.281. The van der Waals surface area contributed by atoms with Gasteiger partial charge in [0, 0.05) is 12.0 Å². The van der Waals surface area contributed by atoms with E-state index < -0.39 is 0 Å². The van der Waals surface area contributed by atoms with Crippen LogP contribution in [0.5, 0.6) is 5.75 Å². The number of fused-ring (bicyclic) bond motifs is 2. The standard InChI is InChI=1S/C28H42O4/c1-4-5-6-7-8-9-10-11-12-13-14-23-25-18-21-17-22(16-15-20(2)3)31-28(30)24(21)19-26(25)32-27(23)29/h18-20,22-23H,4-17H2,1-3H3. The summed E-state index contributed by atoms with van der Waals surface area (Å²) in [5.74, 6) is 0.520. The first kappa shape index (κ1) is 24.8. The number of ether oxygens (including phenoxy) is 2. The van der Waals surface area contributed by atoms with E-state index >= 15 is 0 Å². The quantitative estimate of drug-likeness (QED) is 0.170. The number of cyclic esters (lactones) is 1. The Morgan fingerprint density at radius 1 is 0.906 bits per heavy atom. The van der Waals surface area contributed by atoms with Crippen LogP contribution >= 0.6 is 0 Å². The van der Waals surface area contributed by atoms with Crippen LogP contribution < -0.4 is 4.74 Å². The van der Waals surface area contributed by atoms with Crippen LogP contribution in [0.25, 0.3) is 0 Å². The first-order valence-electron chi connectivity index (χ1n) is 13.1. The summed E-state index contributed by atoms with van der Waals surface area (Å²) in [7, 11) is 0. The lowest BCUT2D eigenvalue weighted by Gasteiger charge is -2.26. The predicted molar refractivity (Wildman–Crippen MR) is 128 cm³/mol. The molecule has 2 unspecified atom stereocenters. The molecule has 0 radical (unpaired) electrons. The van der Waals surface area contributed by atoms with Crippen molar-refractivity contribution in [1.29, 1.82) is 0 Å². The third kappa shape index (κ3) is 6.83. The highest BCUT2D eigenvalue weighted by Crippen LogP contribution is 2.41. The molecule has 3 rings (SSSR count). The van der Waals surface area contributed by atoms with Crippen LogP contribution in [-0.4, -0.2) is 18.0 Å². The zero-order valence-corrected chi connectivity index (χ0v) is 20.4. The summed E-state index contributed by atoms with van der Waals surface area (Å²) >= 11 is 0. The molecule has 0 spiro atoms. The molecular formula is C28H42O4. The number of carbonyl (C=O) groups is 2. The molecule has 4 heteroatoms. The molecule has 0 aromatic heterocycles. The zero-order valence-electron chi connectivity index (χ0n) is 20.4. The van der Waals surface area contributed by atoms with Gasteiger partial charge in [-0.25, -0.2) is 4.79 Å². The molecule has 178 valence electrons. The van der Waals surface area contributed by atoms with Crippen molar-refractivity contribution in [1.82, 2.24) is 0 Å². The third-order valence-electron chi connectivity index (χ3n) is 6.96. The highest BCUT2D eigenvalue weighted by Gasteiger charge is 2.36. The molecule has 0 N–H and O–H groups in total. The lowest BCUT2D eigenvalue weighted by atomic mass is 9.88. The molecule has 0 fully saturated rings. The van der Waals surface area contributed by atoms with E-state index in [9.17, 15) is 9.59 Å². The molecule has 1 aromatic carbocycles. The smallest absolute Gasteiger partial charge is 0.338 e. The van der Waals surface area contributed by atoms with Gasteiger partial charge in [0.05, 0.1) is 11.5 Å². The van der Waals surface area contributed by atoms with Gasteiger partial charge < -0.3 is 9.47 Å². The summed E-state index contributed by atoms with van der Waals surface area (Å²) in [6.07, 6.45) is 16.3. The SMILES string of the molecule is CCCCCCCCCCCCC1C(=O)Oc2cc3c(cc21)CC(CCC(C)C)OC3=O. The average molecular weight is 443 g/mol. The number of rotatable bonds is 14. The normalized spacial score (nSPS) is 19.6. The number of carbonyl (C=O) groups excluding carboxylic acids is 2. The predicted octanol–water partition coefficient (Wildman–Crippen LogP) is 7.52. The highest BCUT2D eigenvalue weighted by molar-refractivity contribution is 5.95. The summed E-state index contributed by atoms with van der Waals surface area (Å²) in [4.78, 5) is 25.0. The van der Waals surface area contributed by atoms with Crippen molar-refractivity contribution in [3.63, 3.8) is 0 Å². The van der Waals surface area contributed by atoms with Crippen molar-refractivity contribution in [2.45, 2.75) is 123 Å². The highest BCUT2D eigenvalue weighted by atomic mass is 16.5. The molecule has 0 bridgehead atoms. The minimum absolute atomic E-state index is 0.0612. The molecule has 2 heterocycles. The largest absolute Gasteiger partial charge is 0.458 e. The fourth-order valence-electron chi connectivity index (χ4n) is 4.96. The van der Waals surface area contributed by atoms with Crippen LogP contribution in [0.15, 0.2) is 12.1 Å². The molecule has 2 aliphatic heterocycles. The lowest BCUT2D eigenvalue weighted by Crippen LogP contribution is -2.28. The summed E-state index contributed by atoms with van der Waals surface area (Å²) in [5.41, 5.74) is 2.55. The van der Waals surface area contributed by atoms with Crippen LogP contribution in [0.2, 0.25) is 0 Å². The molecule has 2 atom stereocenters. The topological polar surface area (TPSA) is 52.6 Å². The van der Waals surface area contributed by atoms with Gasteiger partial charge in [0.1, 0.15) is 11.9 Å². The maximum absolute atomic E-state index is 12.5. The molecule has 32 heavy (non-hydrogen) atoms. The van der Waals surface area contributed by atoms with Gasteiger partial charge in [0.2, 0.25) is 0 Å². The van der Waals surface area contributed by atoms with Crippen molar-refractivity contribution in [3.8, 4) is 5.75 Å². The van der Waals surface area contributed by atoms with Crippen LogP contribution in [0.4, 0.5) is 0 Å². The Balaban J connectivity index is 1.49. The third-order valence-corrected chi connectivity index (χ3v) is 6.96. The summed E-state index contributed by atoms with van der Waals surface area (Å²) in [5, 5.41) is 0. The maximum atomic E-state index is 12.5. The van der Waals surface area contributed by atoms with E-state index in [1.54, 1.807) is 6.07 Å². The van der Waals surface area contributed by atoms with Crippen LogP contribution in [-0.2, 0) is 16.0 Å². The van der Waals surface area contributed by atoms with Crippen LogP contribution in [0, 0.1) is 5.92 Å². The molecule has 2 aliphatic rings. The van der Waals surface area contributed by atoms with Crippen LogP contribution in [0.1, 0.15) is 132 Å². The average Bonchev–Trinajstić information content (AvgIpc) is 3.06.